The first kappa shape index (κ1) is 27.1. The van der Waals surface area contributed by atoms with Gasteiger partial charge >= 0.3 is 0 Å². The molecule has 1 aromatic carbocycles. The minimum absolute atomic E-state index is 0.00488. The Bertz CT molecular complexity index is 1340. The van der Waals surface area contributed by atoms with Gasteiger partial charge in [-0.15, -0.1) is 0 Å². The van der Waals surface area contributed by atoms with Crippen LogP contribution < -0.4 is 10.5 Å². The molecule has 0 bridgehead atoms. The average molecular weight is 544 g/mol. The first-order chi connectivity index (χ1) is 18.4. The molecule has 6 N–H and O–H groups in total. The minimum atomic E-state index is -2.67. The Kier molecular flexibility index (Phi) is 6.49. The Morgan fingerprint density at radius 3 is 2.44 bits per heavy atom. The number of methoxy groups -OCH3 is 2. The van der Waals surface area contributed by atoms with E-state index in [1.807, 2.05) is 0 Å². The number of fused-ring (bicyclic) bond motifs is 3. The molecule has 210 valence electrons. The van der Waals surface area contributed by atoms with Crippen LogP contribution in [0, 0.1) is 11.8 Å². The summed E-state index contributed by atoms with van der Waals surface area (Å²) in [6.45, 7) is 1.90. The quantitative estimate of drug-likeness (QED) is 0.300. The molecule has 1 amide bonds. The summed E-state index contributed by atoms with van der Waals surface area (Å²) in [4.78, 5) is 42.8. The average Bonchev–Trinajstić information content (AvgIpc) is 2.82. The van der Waals surface area contributed by atoms with Gasteiger partial charge < -0.3 is 35.6 Å². The molecular formula is C27H33N3O9. The molecule has 1 aromatic rings. The molecule has 12 nitrogen and oxygen atoms in total. The number of ether oxygens (including phenoxy) is 2. The number of aliphatic hydroxyl groups excluding tert-OH is 2. The second-order valence-electron chi connectivity index (χ2n) is 11.0. The number of benzene rings is 1. The Labute approximate surface area is 224 Å². The molecule has 3 aliphatic carbocycles. The first-order valence-electron chi connectivity index (χ1n) is 12.7. The predicted molar refractivity (Wildman–Crippen MR) is 137 cm³/mol. The van der Waals surface area contributed by atoms with Gasteiger partial charge in [-0.2, -0.15) is 0 Å². The van der Waals surface area contributed by atoms with Gasteiger partial charge in [-0.25, -0.2) is 0 Å². The highest BCUT2D eigenvalue weighted by molar-refractivity contribution is 6.24. The van der Waals surface area contributed by atoms with Crippen LogP contribution in [0.1, 0.15) is 23.1 Å². The predicted octanol–water partition coefficient (Wildman–Crippen LogP) is -0.197. The number of carbonyl (C=O) groups is 3. The van der Waals surface area contributed by atoms with Crippen molar-refractivity contribution in [3.63, 3.8) is 0 Å². The number of rotatable bonds is 6. The number of carbonyl (C=O) groups excluding carboxylic acids is 3. The number of Topliss-reactive ketones (excluding diaryl/α,β-unsaturated/α-hetero) is 2. The number of phenols is 1. The molecule has 5 rings (SSSR count). The number of likely N-dealkylation sites (tertiary alicyclic amines) is 1. The van der Waals surface area contributed by atoms with Crippen LogP contribution in [0.4, 0.5) is 0 Å². The summed E-state index contributed by atoms with van der Waals surface area (Å²) in [5.41, 5.74) is 2.85. The Hall–Kier alpha value is -3.45. The second kappa shape index (κ2) is 9.33. The third-order valence-corrected chi connectivity index (χ3v) is 8.60. The molecule has 1 heterocycles. The number of nitrogens with two attached hydrogens (primary N) is 1. The van der Waals surface area contributed by atoms with E-state index in [0.29, 0.717) is 36.5 Å². The van der Waals surface area contributed by atoms with Gasteiger partial charge in [0.1, 0.15) is 28.6 Å². The van der Waals surface area contributed by atoms with Gasteiger partial charge in [0.05, 0.1) is 24.8 Å². The maximum Gasteiger partial charge on any atom is 0.255 e. The highest BCUT2D eigenvalue weighted by atomic mass is 16.5. The maximum absolute atomic E-state index is 13.9. The molecule has 12 heteroatoms. The second-order valence-corrected chi connectivity index (χ2v) is 11.0. The van der Waals surface area contributed by atoms with Gasteiger partial charge in [-0.1, -0.05) is 0 Å². The van der Waals surface area contributed by atoms with Crippen molar-refractivity contribution in [2.75, 3.05) is 41.4 Å². The fourth-order valence-electron chi connectivity index (χ4n) is 6.77. The number of aromatic hydroxyl groups is 1. The van der Waals surface area contributed by atoms with Gasteiger partial charge in [0, 0.05) is 49.4 Å². The standard InChI is InChI=1S/C27H33N3O9/c1-29(2)20-15-6-11-5-14-18(16(31)7-12(23(14)39-4)8-30-9-13(10-30)38-3)21(32)17(11)24(34)27(15,37)25(35)19(22(20)33)26(28)36/h7,11,13,15,20,31-32,35,37H,5-6,8-10H2,1-4H3,(H2,28,36)/t11-,15-,20-,27-/m0/s1. The summed E-state index contributed by atoms with van der Waals surface area (Å²) in [7, 11) is 6.26. The van der Waals surface area contributed by atoms with Crippen molar-refractivity contribution in [3.05, 3.63) is 39.7 Å². The fraction of sp³-hybridized carbons (Fsp3) is 0.519. The molecule has 39 heavy (non-hydrogen) atoms. The van der Waals surface area contributed by atoms with E-state index in [-0.39, 0.29) is 35.8 Å². The van der Waals surface area contributed by atoms with Crippen molar-refractivity contribution in [1.82, 2.24) is 9.80 Å². The van der Waals surface area contributed by atoms with E-state index in [4.69, 9.17) is 15.2 Å². The van der Waals surface area contributed by atoms with Crippen molar-refractivity contribution in [1.29, 1.82) is 0 Å². The van der Waals surface area contributed by atoms with Gasteiger partial charge in [-0.05, 0) is 38.9 Å². The minimum Gasteiger partial charge on any atom is -0.508 e. The summed E-state index contributed by atoms with van der Waals surface area (Å²) in [5, 5.41) is 44.9. The number of aliphatic hydroxyl groups is 3. The van der Waals surface area contributed by atoms with Crippen molar-refractivity contribution in [2.24, 2.45) is 17.6 Å². The van der Waals surface area contributed by atoms with E-state index < -0.39 is 58.0 Å². The van der Waals surface area contributed by atoms with Crippen LogP contribution in [0.5, 0.6) is 11.5 Å². The summed E-state index contributed by atoms with van der Waals surface area (Å²) in [6.07, 6.45) is 0.314. The van der Waals surface area contributed by atoms with E-state index in [2.05, 4.69) is 4.90 Å². The van der Waals surface area contributed by atoms with E-state index >= 15 is 0 Å². The zero-order valence-corrected chi connectivity index (χ0v) is 22.2. The van der Waals surface area contributed by atoms with Crippen molar-refractivity contribution in [3.8, 4) is 11.5 Å². The normalized spacial score (nSPS) is 29.2. The lowest BCUT2D eigenvalue weighted by Gasteiger charge is -2.50. The molecule has 0 aromatic heterocycles. The molecule has 0 unspecified atom stereocenters. The molecular weight excluding hydrogens is 510 g/mol. The number of hydrogen-bond acceptors (Lipinski definition) is 11. The third-order valence-electron chi connectivity index (χ3n) is 8.60. The SMILES string of the molecule is COc1c(CN2CC(OC)C2)cc(O)c2c1C[C@H]1C[C@H]3[C@H](N(C)C)C(=O)C(C(N)=O)=C(O)[C@@]3(O)C(=O)C1=C2O. The zero-order chi connectivity index (χ0) is 28.5. The molecule has 2 fully saturated rings. The van der Waals surface area contributed by atoms with E-state index in [9.17, 15) is 34.8 Å². The van der Waals surface area contributed by atoms with Crippen molar-refractivity contribution < 1.29 is 44.3 Å². The highest BCUT2D eigenvalue weighted by Crippen LogP contribution is 2.54. The number of primary amides is 1. The Morgan fingerprint density at radius 1 is 1.21 bits per heavy atom. The highest BCUT2D eigenvalue weighted by Gasteiger charge is 2.64. The van der Waals surface area contributed by atoms with Crippen LogP contribution >= 0.6 is 0 Å². The number of hydrogen-bond donors (Lipinski definition) is 5. The van der Waals surface area contributed by atoms with Crippen LogP contribution in [0.2, 0.25) is 0 Å². The molecule has 4 atom stereocenters. The van der Waals surface area contributed by atoms with Gasteiger partial charge in [0.2, 0.25) is 5.78 Å². The van der Waals surface area contributed by atoms with Crippen molar-refractivity contribution >= 4 is 23.2 Å². The van der Waals surface area contributed by atoms with E-state index in [1.165, 1.54) is 18.1 Å². The number of ketones is 2. The first-order valence-corrected chi connectivity index (χ1v) is 12.7. The largest absolute Gasteiger partial charge is 0.508 e. The van der Waals surface area contributed by atoms with Gasteiger partial charge in [0.15, 0.2) is 11.4 Å². The Balaban J connectivity index is 1.64. The topological polar surface area (TPSA) is 183 Å². The van der Waals surface area contributed by atoms with Crippen LogP contribution in [-0.4, -0.2) is 107 Å². The monoisotopic (exact) mass is 543 g/mol. The molecule has 1 saturated carbocycles. The zero-order valence-electron chi connectivity index (χ0n) is 22.2. The third kappa shape index (κ3) is 3.77. The van der Waals surface area contributed by atoms with Gasteiger partial charge in [-0.3, -0.25) is 24.2 Å². The van der Waals surface area contributed by atoms with Gasteiger partial charge in [0.25, 0.3) is 5.91 Å². The molecule has 4 aliphatic rings. The van der Waals surface area contributed by atoms with Crippen molar-refractivity contribution in [2.45, 2.75) is 37.1 Å². The lowest BCUT2D eigenvalue weighted by atomic mass is 9.57. The smallest absolute Gasteiger partial charge is 0.255 e. The maximum atomic E-state index is 13.9. The number of phenolic OH excluding ortho intramolecular Hbond substituents is 1. The molecule has 1 aliphatic heterocycles. The summed E-state index contributed by atoms with van der Waals surface area (Å²) < 4.78 is 11.1. The number of nitrogens with zero attached hydrogens (tertiary/aromatic N) is 2. The van der Waals surface area contributed by atoms with Crippen LogP contribution in [0.25, 0.3) is 5.76 Å². The summed E-state index contributed by atoms with van der Waals surface area (Å²) in [5.74, 6) is -6.37. The van der Waals surface area contributed by atoms with E-state index in [0.717, 1.165) is 0 Å². The van der Waals surface area contributed by atoms with Crippen LogP contribution in [0.15, 0.2) is 23.0 Å². The number of likely N-dealkylation sites (N-methyl/N-ethyl adjacent to an activating group) is 1. The fourth-order valence-corrected chi connectivity index (χ4v) is 6.77. The van der Waals surface area contributed by atoms with Crippen LogP contribution in [0.3, 0.4) is 0 Å². The molecule has 0 radical (unpaired) electrons. The lowest BCUT2D eigenvalue weighted by Crippen LogP contribution is -2.65. The summed E-state index contributed by atoms with van der Waals surface area (Å²) in [6, 6.07) is 0.341. The number of amides is 1. The summed E-state index contributed by atoms with van der Waals surface area (Å²) >= 11 is 0. The lowest BCUT2D eigenvalue weighted by molar-refractivity contribution is -0.153. The molecule has 1 saturated heterocycles. The molecule has 0 spiro atoms. The Morgan fingerprint density at radius 2 is 1.87 bits per heavy atom. The van der Waals surface area contributed by atoms with E-state index in [1.54, 1.807) is 21.2 Å². The van der Waals surface area contributed by atoms with Crippen LogP contribution in [-0.2, 0) is 32.1 Å².